The van der Waals surface area contributed by atoms with Crippen molar-refractivity contribution in [2.45, 2.75) is 32.2 Å². The number of piperidine rings is 1. The number of nitrogens with zero attached hydrogens (tertiary/aromatic N) is 1. The quantitative estimate of drug-likeness (QED) is 0.828. The summed E-state index contributed by atoms with van der Waals surface area (Å²) in [6.45, 7) is 2.81. The van der Waals surface area contributed by atoms with Crippen LogP contribution in [0.25, 0.3) is 0 Å². The van der Waals surface area contributed by atoms with Crippen molar-refractivity contribution in [3.8, 4) is 0 Å². The fourth-order valence-corrected chi connectivity index (χ4v) is 2.01. The predicted molar refractivity (Wildman–Crippen MR) is 62.5 cm³/mol. The summed E-state index contributed by atoms with van der Waals surface area (Å²) in [6, 6.07) is 3.65. The van der Waals surface area contributed by atoms with Crippen molar-refractivity contribution in [1.82, 2.24) is 5.32 Å². The van der Waals surface area contributed by atoms with Crippen LogP contribution in [0, 0.1) is 6.92 Å². The van der Waals surface area contributed by atoms with Crippen LogP contribution in [0.2, 0.25) is 0 Å². The van der Waals surface area contributed by atoms with Crippen LogP contribution < -0.4 is 10.2 Å². The average molecular weight is 222 g/mol. The zero-order valence-corrected chi connectivity index (χ0v) is 9.82. The topological polar surface area (TPSA) is 45.5 Å². The maximum absolute atomic E-state index is 12.1. The van der Waals surface area contributed by atoms with Crippen molar-refractivity contribution >= 4 is 11.8 Å². The summed E-state index contributed by atoms with van der Waals surface area (Å²) in [5.74, 6) is 1.54. The molecule has 4 nitrogen and oxygen atoms in total. The minimum Gasteiger partial charge on any atom is -0.445 e. The van der Waals surface area contributed by atoms with E-state index in [0.717, 1.165) is 31.6 Å². The largest absolute Gasteiger partial charge is 0.445 e. The number of carbonyl (C=O) groups excluding carboxylic acids is 1. The summed E-state index contributed by atoms with van der Waals surface area (Å²) in [5.41, 5.74) is 0. The van der Waals surface area contributed by atoms with E-state index >= 15 is 0 Å². The van der Waals surface area contributed by atoms with Crippen LogP contribution in [0.4, 0.5) is 5.88 Å². The first-order valence-electron chi connectivity index (χ1n) is 5.76. The van der Waals surface area contributed by atoms with Crippen LogP contribution in [-0.4, -0.2) is 25.5 Å². The van der Waals surface area contributed by atoms with Crippen molar-refractivity contribution in [2.75, 3.05) is 18.5 Å². The lowest BCUT2D eigenvalue weighted by Gasteiger charge is -2.26. The number of rotatable bonds is 2. The first kappa shape index (κ1) is 11.2. The molecule has 1 amide bonds. The molecule has 88 valence electrons. The zero-order valence-electron chi connectivity index (χ0n) is 9.82. The van der Waals surface area contributed by atoms with Crippen molar-refractivity contribution in [3.63, 3.8) is 0 Å². The molecule has 16 heavy (non-hydrogen) atoms. The van der Waals surface area contributed by atoms with E-state index in [2.05, 4.69) is 5.32 Å². The minimum absolute atomic E-state index is 0.0517. The van der Waals surface area contributed by atoms with Crippen molar-refractivity contribution in [2.24, 2.45) is 0 Å². The molecule has 0 saturated carbocycles. The van der Waals surface area contributed by atoms with E-state index in [1.807, 2.05) is 19.1 Å². The molecule has 1 aliphatic rings. The van der Waals surface area contributed by atoms with Gasteiger partial charge < -0.3 is 9.73 Å². The maximum atomic E-state index is 12.1. The van der Waals surface area contributed by atoms with Gasteiger partial charge in [0.15, 0.2) is 0 Å². The number of hydrogen-bond donors (Lipinski definition) is 1. The standard InChI is InChI=1S/C12H18N2O2/c1-9-6-7-11(16-9)14(2)12(15)10-5-3-4-8-13-10/h6-7,10,13H,3-5,8H2,1-2H3. The summed E-state index contributed by atoms with van der Waals surface area (Å²) >= 11 is 0. The van der Waals surface area contributed by atoms with Gasteiger partial charge in [-0.1, -0.05) is 6.42 Å². The molecule has 1 fully saturated rings. The first-order valence-corrected chi connectivity index (χ1v) is 5.76. The smallest absolute Gasteiger partial charge is 0.246 e. The highest BCUT2D eigenvalue weighted by molar-refractivity contribution is 5.95. The maximum Gasteiger partial charge on any atom is 0.246 e. The Morgan fingerprint density at radius 2 is 2.31 bits per heavy atom. The van der Waals surface area contributed by atoms with Crippen LogP contribution in [-0.2, 0) is 4.79 Å². The van der Waals surface area contributed by atoms with Crippen LogP contribution in [0.3, 0.4) is 0 Å². The fourth-order valence-electron chi connectivity index (χ4n) is 2.01. The van der Waals surface area contributed by atoms with Gasteiger partial charge in [0, 0.05) is 13.1 Å². The van der Waals surface area contributed by atoms with Gasteiger partial charge >= 0.3 is 0 Å². The lowest BCUT2D eigenvalue weighted by Crippen LogP contribution is -2.47. The molecule has 0 bridgehead atoms. The molecular formula is C12H18N2O2. The van der Waals surface area contributed by atoms with E-state index in [1.165, 1.54) is 0 Å². The Morgan fingerprint density at radius 3 is 2.88 bits per heavy atom. The van der Waals surface area contributed by atoms with Gasteiger partial charge in [-0.05, 0) is 32.4 Å². The summed E-state index contributed by atoms with van der Waals surface area (Å²) in [5, 5.41) is 3.24. The summed E-state index contributed by atoms with van der Waals surface area (Å²) < 4.78 is 5.43. The van der Waals surface area contributed by atoms with Crippen molar-refractivity contribution in [1.29, 1.82) is 0 Å². The molecule has 1 unspecified atom stereocenters. The van der Waals surface area contributed by atoms with E-state index in [4.69, 9.17) is 4.42 Å². The Morgan fingerprint density at radius 1 is 1.50 bits per heavy atom. The zero-order chi connectivity index (χ0) is 11.5. The van der Waals surface area contributed by atoms with Crippen LogP contribution in [0.5, 0.6) is 0 Å². The molecule has 0 spiro atoms. The summed E-state index contributed by atoms with van der Waals surface area (Å²) in [6.07, 6.45) is 3.20. The molecule has 1 saturated heterocycles. The second-order valence-corrected chi connectivity index (χ2v) is 4.28. The highest BCUT2D eigenvalue weighted by atomic mass is 16.4. The van der Waals surface area contributed by atoms with Gasteiger partial charge in [-0.3, -0.25) is 9.69 Å². The third-order valence-corrected chi connectivity index (χ3v) is 3.00. The summed E-state index contributed by atoms with van der Waals surface area (Å²) in [7, 11) is 1.76. The predicted octanol–water partition coefficient (Wildman–Crippen LogP) is 1.69. The normalized spacial score (nSPS) is 20.8. The Balaban J connectivity index is 2.03. The second kappa shape index (κ2) is 4.70. The third kappa shape index (κ3) is 2.27. The second-order valence-electron chi connectivity index (χ2n) is 4.28. The number of aryl methyl sites for hydroxylation is 1. The molecule has 1 atom stereocenters. The van der Waals surface area contributed by atoms with Gasteiger partial charge in [-0.2, -0.15) is 0 Å². The Bertz CT molecular complexity index is 367. The number of nitrogens with one attached hydrogen (secondary N) is 1. The van der Waals surface area contributed by atoms with Gasteiger partial charge in [-0.25, -0.2) is 0 Å². The molecule has 0 radical (unpaired) electrons. The minimum atomic E-state index is -0.0517. The van der Waals surface area contributed by atoms with E-state index in [9.17, 15) is 4.79 Å². The molecule has 1 N–H and O–H groups in total. The average Bonchev–Trinajstić information content (AvgIpc) is 2.75. The van der Waals surface area contributed by atoms with Gasteiger partial charge in [0.2, 0.25) is 11.8 Å². The molecule has 0 aliphatic carbocycles. The molecule has 0 aromatic carbocycles. The highest BCUT2D eigenvalue weighted by Crippen LogP contribution is 2.19. The molecule has 2 rings (SSSR count). The van der Waals surface area contributed by atoms with E-state index in [-0.39, 0.29) is 11.9 Å². The Kier molecular flexibility index (Phi) is 3.29. The molecule has 1 aromatic rings. The van der Waals surface area contributed by atoms with Gasteiger partial charge in [0.25, 0.3) is 0 Å². The van der Waals surface area contributed by atoms with Crippen LogP contribution in [0.15, 0.2) is 16.5 Å². The van der Waals surface area contributed by atoms with E-state index in [1.54, 1.807) is 11.9 Å². The monoisotopic (exact) mass is 222 g/mol. The SMILES string of the molecule is Cc1ccc(N(C)C(=O)C2CCCCN2)o1. The lowest BCUT2D eigenvalue weighted by atomic mass is 10.0. The summed E-state index contributed by atoms with van der Waals surface area (Å²) in [4.78, 5) is 13.7. The molecule has 4 heteroatoms. The van der Waals surface area contributed by atoms with Gasteiger partial charge in [0.1, 0.15) is 5.76 Å². The molecule has 2 heterocycles. The van der Waals surface area contributed by atoms with Gasteiger partial charge in [0.05, 0.1) is 6.04 Å². The molecule has 1 aromatic heterocycles. The number of anilines is 1. The van der Waals surface area contributed by atoms with Crippen molar-refractivity contribution < 1.29 is 9.21 Å². The molecular weight excluding hydrogens is 204 g/mol. The number of hydrogen-bond acceptors (Lipinski definition) is 3. The van der Waals surface area contributed by atoms with Crippen molar-refractivity contribution in [3.05, 3.63) is 17.9 Å². The Labute approximate surface area is 95.6 Å². The van der Waals surface area contributed by atoms with Crippen LogP contribution >= 0.6 is 0 Å². The third-order valence-electron chi connectivity index (χ3n) is 3.00. The Hall–Kier alpha value is -1.29. The molecule has 1 aliphatic heterocycles. The highest BCUT2D eigenvalue weighted by Gasteiger charge is 2.25. The first-order chi connectivity index (χ1) is 7.68. The number of amides is 1. The van der Waals surface area contributed by atoms with Gasteiger partial charge in [-0.15, -0.1) is 0 Å². The number of likely N-dealkylation sites (N-methyl/N-ethyl adjacent to an activating group) is 1. The van der Waals surface area contributed by atoms with E-state index in [0.29, 0.717) is 5.88 Å². The fraction of sp³-hybridized carbons (Fsp3) is 0.583. The number of furan rings is 1. The number of carbonyl (C=O) groups is 1. The van der Waals surface area contributed by atoms with Crippen LogP contribution in [0.1, 0.15) is 25.0 Å². The lowest BCUT2D eigenvalue weighted by molar-refractivity contribution is -0.121. The van der Waals surface area contributed by atoms with E-state index < -0.39 is 0 Å².